The third-order valence-electron chi connectivity index (χ3n) is 3.03. The van der Waals surface area contributed by atoms with Gasteiger partial charge >= 0.3 is 0 Å². The van der Waals surface area contributed by atoms with E-state index in [0.717, 1.165) is 24.3 Å². The number of aliphatic imine (C=N–C) groups is 1. The van der Waals surface area contributed by atoms with Gasteiger partial charge in [-0.3, -0.25) is 0 Å². The van der Waals surface area contributed by atoms with Gasteiger partial charge in [0.2, 0.25) is 0 Å². The minimum atomic E-state index is 0. The second kappa shape index (κ2) is 10.7. The molecule has 0 unspecified atom stereocenters. The van der Waals surface area contributed by atoms with Gasteiger partial charge in [0.25, 0.3) is 0 Å². The number of halogens is 1. The van der Waals surface area contributed by atoms with E-state index >= 15 is 0 Å². The van der Waals surface area contributed by atoms with Gasteiger partial charge in [0.1, 0.15) is 5.75 Å². The number of hydrogen-bond acceptors (Lipinski definition) is 2. The minimum absolute atomic E-state index is 0. The standard InChI is InChI=1S/C17H29N3O.HI/c1-12(2)8-9-21-16-10-14(5)6-7-15(16)11-19-17(18)20-13(3)4;/h6-7,10,12-13H,8-9,11H2,1-5H3,(H3,18,19,20);1H. The molecule has 0 aliphatic carbocycles. The average molecular weight is 419 g/mol. The van der Waals surface area contributed by atoms with Crippen molar-refractivity contribution in [3.05, 3.63) is 29.3 Å². The summed E-state index contributed by atoms with van der Waals surface area (Å²) in [6.07, 6.45) is 1.05. The number of nitrogens with two attached hydrogens (primary N) is 1. The molecule has 22 heavy (non-hydrogen) atoms. The number of rotatable bonds is 7. The van der Waals surface area contributed by atoms with Crippen LogP contribution in [0.4, 0.5) is 0 Å². The zero-order valence-electron chi connectivity index (χ0n) is 14.3. The Morgan fingerprint density at radius 2 is 1.95 bits per heavy atom. The fourth-order valence-electron chi connectivity index (χ4n) is 1.84. The smallest absolute Gasteiger partial charge is 0.189 e. The van der Waals surface area contributed by atoms with Crippen LogP contribution in [0.25, 0.3) is 0 Å². The number of aryl methyl sites for hydroxylation is 1. The van der Waals surface area contributed by atoms with Crippen LogP contribution >= 0.6 is 24.0 Å². The van der Waals surface area contributed by atoms with Crippen molar-refractivity contribution in [3.63, 3.8) is 0 Å². The number of hydrogen-bond donors (Lipinski definition) is 2. The highest BCUT2D eigenvalue weighted by Crippen LogP contribution is 2.22. The van der Waals surface area contributed by atoms with Crippen molar-refractivity contribution < 1.29 is 4.74 Å². The molecule has 0 aliphatic heterocycles. The van der Waals surface area contributed by atoms with Crippen LogP contribution in [-0.2, 0) is 6.54 Å². The number of nitrogens with one attached hydrogen (secondary N) is 1. The molecule has 0 radical (unpaired) electrons. The molecular formula is C17H30IN3O. The topological polar surface area (TPSA) is 59.6 Å². The van der Waals surface area contributed by atoms with Gasteiger partial charge in [0.15, 0.2) is 5.96 Å². The summed E-state index contributed by atoms with van der Waals surface area (Å²) in [5.74, 6) is 2.03. The Morgan fingerprint density at radius 3 is 2.55 bits per heavy atom. The maximum Gasteiger partial charge on any atom is 0.189 e. The van der Waals surface area contributed by atoms with Crippen molar-refractivity contribution in [1.29, 1.82) is 0 Å². The van der Waals surface area contributed by atoms with Crippen molar-refractivity contribution in [2.24, 2.45) is 16.6 Å². The summed E-state index contributed by atoms with van der Waals surface area (Å²) < 4.78 is 5.91. The first-order valence-corrected chi connectivity index (χ1v) is 7.67. The molecule has 0 atom stereocenters. The lowest BCUT2D eigenvalue weighted by molar-refractivity contribution is 0.287. The molecule has 1 aromatic carbocycles. The van der Waals surface area contributed by atoms with Crippen LogP contribution in [0, 0.1) is 12.8 Å². The fraction of sp³-hybridized carbons (Fsp3) is 0.588. The third kappa shape index (κ3) is 8.46. The zero-order valence-corrected chi connectivity index (χ0v) is 16.7. The summed E-state index contributed by atoms with van der Waals surface area (Å²) >= 11 is 0. The quantitative estimate of drug-likeness (QED) is 0.401. The van der Waals surface area contributed by atoms with Gasteiger partial charge < -0.3 is 15.8 Å². The molecule has 0 bridgehead atoms. The van der Waals surface area contributed by atoms with Crippen molar-refractivity contribution >= 4 is 29.9 Å². The SMILES string of the molecule is Cc1ccc(CN=C(N)NC(C)C)c(OCCC(C)C)c1.I. The number of guanidine groups is 1. The predicted molar refractivity (Wildman–Crippen MR) is 105 cm³/mol. The highest BCUT2D eigenvalue weighted by Gasteiger charge is 2.05. The summed E-state index contributed by atoms with van der Waals surface area (Å²) in [4.78, 5) is 4.37. The fourth-order valence-corrected chi connectivity index (χ4v) is 1.84. The van der Waals surface area contributed by atoms with Gasteiger partial charge in [0, 0.05) is 11.6 Å². The van der Waals surface area contributed by atoms with Crippen LogP contribution in [-0.4, -0.2) is 18.6 Å². The highest BCUT2D eigenvalue weighted by atomic mass is 127. The largest absolute Gasteiger partial charge is 0.493 e. The van der Waals surface area contributed by atoms with Crippen LogP contribution in [0.2, 0.25) is 0 Å². The molecule has 5 heteroatoms. The van der Waals surface area contributed by atoms with Crippen LogP contribution in [0.1, 0.15) is 45.2 Å². The molecule has 0 saturated carbocycles. The molecule has 0 aromatic heterocycles. The van der Waals surface area contributed by atoms with Gasteiger partial charge in [-0.1, -0.05) is 26.0 Å². The second-order valence-electron chi connectivity index (χ2n) is 6.14. The van der Waals surface area contributed by atoms with Crippen LogP contribution in [0.3, 0.4) is 0 Å². The minimum Gasteiger partial charge on any atom is -0.493 e. The Hall–Kier alpha value is -0.980. The number of ether oxygens (including phenoxy) is 1. The monoisotopic (exact) mass is 419 g/mol. The van der Waals surface area contributed by atoms with Crippen LogP contribution in [0.15, 0.2) is 23.2 Å². The van der Waals surface area contributed by atoms with Crippen molar-refractivity contribution in [3.8, 4) is 5.75 Å². The molecular weight excluding hydrogens is 389 g/mol. The maximum absolute atomic E-state index is 5.91. The van der Waals surface area contributed by atoms with Crippen molar-refractivity contribution in [1.82, 2.24) is 5.32 Å². The van der Waals surface area contributed by atoms with E-state index in [1.54, 1.807) is 0 Å². The Labute approximate surface area is 151 Å². The molecule has 0 fully saturated rings. The van der Waals surface area contributed by atoms with E-state index < -0.39 is 0 Å². The van der Waals surface area contributed by atoms with E-state index in [-0.39, 0.29) is 30.0 Å². The molecule has 1 rings (SSSR count). The highest BCUT2D eigenvalue weighted by molar-refractivity contribution is 14.0. The maximum atomic E-state index is 5.91. The van der Waals surface area contributed by atoms with E-state index in [1.807, 2.05) is 13.8 Å². The molecule has 1 aromatic rings. The van der Waals surface area contributed by atoms with Gasteiger partial charge in [-0.2, -0.15) is 0 Å². The molecule has 126 valence electrons. The van der Waals surface area contributed by atoms with Crippen LogP contribution < -0.4 is 15.8 Å². The van der Waals surface area contributed by atoms with E-state index in [9.17, 15) is 0 Å². The average Bonchev–Trinajstić information content (AvgIpc) is 2.36. The summed E-state index contributed by atoms with van der Waals surface area (Å²) in [5, 5.41) is 3.09. The van der Waals surface area contributed by atoms with E-state index in [4.69, 9.17) is 10.5 Å². The van der Waals surface area contributed by atoms with Crippen molar-refractivity contribution in [2.45, 2.75) is 53.6 Å². The first-order valence-electron chi connectivity index (χ1n) is 7.67. The molecule has 4 nitrogen and oxygen atoms in total. The zero-order chi connectivity index (χ0) is 15.8. The second-order valence-corrected chi connectivity index (χ2v) is 6.14. The lowest BCUT2D eigenvalue weighted by atomic mass is 10.1. The molecule has 3 N–H and O–H groups in total. The first-order chi connectivity index (χ1) is 9.88. The molecule has 0 heterocycles. The Balaban J connectivity index is 0.00000441. The van der Waals surface area contributed by atoms with Crippen LogP contribution in [0.5, 0.6) is 5.75 Å². The Morgan fingerprint density at radius 1 is 1.27 bits per heavy atom. The third-order valence-corrected chi connectivity index (χ3v) is 3.03. The summed E-state index contributed by atoms with van der Waals surface area (Å²) in [5.41, 5.74) is 8.10. The van der Waals surface area contributed by atoms with Crippen molar-refractivity contribution in [2.75, 3.05) is 6.61 Å². The number of benzene rings is 1. The van der Waals surface area contributed by atoms with Gasteiger partial charge in [-0.15, -0.1) is 24.0 Å². The van der Waals surface area contributed by atoms with Gasteiger partial charge in [-0.25, -0.2) is 4.99 Å². The molecule has 0 saturated heterocycles. The van der Waals surface area contributed by atoms with E-state index in [2.05, 4.69) is 49.3 Å². The van der Waals surface area contributed by atoms with Gasteiger partial charge in [0.05, 0.1) is 13.2 Å². The molecule has 0 amide bonds. The first kappa shape index (κ1) is 21.0. The summed E-state index contributed by atoms with van der Waals surface area (Å²) in [6.45, 7) is 11.8. The predicted octanol–water partition coefficient (Wildman–Crippen LogP) is 3.85. The lowest BCUT2D eigenvalue weighted by Gasteiger charge is -2.13. The summed E-state index contributed by atoms with van der Waals surface area (Å²) in [7, 11) is 0. The van der Waals surface area contributed by atoms with E-state index in [1.165, 1.54) is 5.56 Å². The summed E-state index contributed by atoms with van der Waals surface area (Å²) in [6, 6.07) is 6.49. The Bertz CT molecular complexity index is 473. The molecule has 0 aliphatic rings. The number of nitrogens with zero attached hydrogens (tertiary/aromatic N) is 1. The molecule has 0 spiro atoms. The lowest BCUT2D eigenvalue weighted by Crippen LogP contribution is -2.36. The Kier molecular flexibility index (Phi) is 10.2. The van der Waals surface area contributed by atoms with Gasteiger partial charge in [-0.05, 0) is 44.7 Å². The van der Waals surface area contributed by atoms with E-state index in [0.29, 0.717) is 18.4 Å². The normalized spacial score (nSPS) is 11.5.